The fourth-order valence-electron chi connectivity index (χ4n) is 1.83. The van der Waals surface area contributed by atoms with Gasteiger partial charge in [0.15, 0.2) is 0 Å². The highest BCUT2D eigenvalue weighted by Gasteiger charge is 2.12. The highest BCUT2D eigenvalue weighted by atomic mass is 32.2. The highest BCUT2D eigenvalue weighted by Crippen LogP contribution is 2.34. The van der Waals surface area contributed by atoms with Crippen LogP contribution in [0.2, 0.25) is 0 Å². The lowest BCUT2D eigenvalue weighted by molar-refractivity contribution is 0.473. The molecule has 0 bridgehead atoms. The van der Waals surface area contributed by atoms with Gasteiger partial charge in [-0.2, -0.15) is 8.42 Å². The minimum absolute atomic E-state index is 0.0915. The van der Waals surface area contributed by atoms with Crippen LogP contribution < -0.4 is 5.73 Å². The normalized spacial score (nSPS) is 11.5. The van der Waals surface area contributed by atoms with Crippen LogP contribution in [0, 0.1) is 6.92 Å². The number of benzene rings is 2. The molecule has 4 N–H and O–H groups in total. The molecule has 0 saturated heterocycles. The molecule has 0 fully saturated rings. The summed E-state index contributed by atoms with van der Waals surface area (Å²) in [5, 5.41) is 9.98. The average Bonchev–Trinajstić information content (AvgIpc) is 2.33. The molecule has 0 aliphatic carbocycles. The maximum absolute atomic E-state index is 10.9. The molecule has 0 aliphatic rings. The summed E-state index contributed by atoms with van der Waals surface area (Å²) in [6.45, 7) is 1.72. The molecule has 0 heterocycles. The largest absolute Gasteiger partial charge is 0.507 e. The third-order valence-corrected chi connectivity index (χ3v) is 3.65. The number of aromatic hydroxyl groups is 1. The lowest BCUT2D eigenvalue weighted by atomic mass is 10.0. The van der Waals surface area contributed by atoms with E-state index in [0.717, 1.165) is 0 Å². The van der Waals surface area contributed by atoms with E-state index in [4.69, 9.17) is 10.3 Å². The summed E-state index contributed by atoms with van der Waals surface area (Å²) in [4.78, 5) is -0.198. The van der Waals surface area contributed by atoms with E-state index in [2.05, 4.69) is 0 Å². The van der Waals surface area contributed by atoms with Gasteiger partial charge in [-0.3, -0.25) is 4.55 Å². The van der Waals surface area contributed by atoms with Crippen molar-refractivity contribution in [2.24, 2.45) is 0 Å². The number of rotatable bonds is 2. The number of anilines is 1. The van der Waals surface area contributed by atoms with Gasteiger partial charge in [-0.1, -0.05) is 12.1 Å². The van der Waals surface area contributed by atoms with Gasteiger partial charge in [0.05, 0.1) is 4.90 Å². The van der Waals surface area contributed by atoms with Gasteiger partial charge in [0.25, 0.3) is 10.1 Å². The van der Waals surface area contributed by atoms with Crippen LogP contribution in [0.25, 0.3) is 11.1 Å². The molecule has 0 aliphatic heterocycles. The quantitative estimate of drug-likeness (QED) is 0.444. The van der Waals surface area contributed by atoms with E-state index in [0.29, 0.717) is 22.4 Å². The summed E-state index contributed by atoms with van der Waals surface area (Å²) < 4.78 is 30.8. The van der Waals surface area contributed by atoms with Crippen molar-refractivity contribution in [1.82, 2.24) is 0 Å². The third-order valence-electron chi connectivity index (χ3n) is 2.79. The number of nitrogen functional groups attached to an aromatic ring is 1. The van der Waals surface area contributed by atoms with Crippen LogP contribution in [0.1, 0.15) is 5.56 Å². The lowest BCUT2D eigenvalue weighted by Crippen LogP contribution is -1.97. The van der Waals surface area contributed by atoms with Crippen molar-refractivity contribution >= 4 is 15.8 Å². The molecule has 6 heteroatoms. The van der Waals surface area contributed by atoms with E-state index in [1.165, 1.54) is 24.3 Å². The van der Waals surface area contributed by atoms with Gasteiger partial charge < -0.3 is 10.8 Å². The first kappa shape index (κ1) is 13.4. The van der Waals surface area contributed by atoms with Crippen LogP contribution in [0.4, 0.5) is 5.69 Å². The molecule has 2 aromatic rings. The number of phenols is 1. The zero-order chi connectivity index (χ0) is 14.2. The summed E-state index contributed by atoms with van der Waals surface area (Å²) in [6, 6.07) is 8.77. The minimum Gasteiger partial charge on any atom is -0.507 e. The maximum Gasteiger partial charge on any atom is 0.294 e. The first-order valence-electron chi connectivity index (χ1n) is 5.46. The Hall–Kier alpha value is -2.05. The van der Waals surface area contributed by atoms with E-state index in [-0.39, 0.29) is 10.6 Å². The van der Waals surface area contributed by atoms with Gasteiger partial charge in [-0.25, -0.2) is 0 Å². The summed E-state index contributed by atoms with van der Waals surface area (Å²) in [6.07, 6.45) is 0. The molecule has 100 valence electrons. The molecule has 0 radical (unpaired) electrons. The summed E-state index contributed by atoms with van der Waals surface area (Å²) >= 11 is 0. The van der Waals surface area contributed by atoms with E-state index in [1.54, 1.807) is 19.1 Å². The van der Waals surface area contributed by atoms with Gasteiger partial charge in [0, 0.05) is 11.3 Å². The van der Waals surface area contributed by atoms with Crippen LogP contribution in [0.3, 0.4) is 0 Å². The second-order valence-corrected chi connectivity index (χ2v) is 5.65. The van der Waals surface area contributed by atoms with Crippen molar-refractivity contribution in [1.29, 1.82) is 0 Å². The van der Waals surface area contributed by atoms with E-state index in [1.807, 2.05) is 0 Å². The Morgan fingerprint density at radius 2 is 1.68 bits per heavy atom. The molecular formula is C13H13NO4S. The van der Waals surface area contributed by atoms with Crippen molar-refractivity contribution in [2.75, 3.05) is 5.73 Å². The number of hydrogen-bond acceptors (Lipinski definition) is 4. The minimum atomic E-state index is -4.22. The van der Waals surface area contributed by atoms with Crippen molar-refractivity contribution < 1.29 is 18.1 Å². The van der Waals surface area contributed by atoms with Crippen LogP contribution in [0.5, 0.6) is 5.75 Å². The molecule has 2 rings (SSSR count). The van der Waals surface area contributed by atoms with Crippen LogP contribution >= 0.6 is 0 Å². The molecule has 0 amide bonds. The SMILES string of the molecule is Cc1cc(N)cc(-c2ccc(S(=O)(=O)O)cc2)c1O. The topological polar surface area (TPSA) is 101 Å². The Labute approximate surface area is 111 Å². The first-order valence-corrected chi connectivity index (χ1v) is 6.90. The smallest absolute Gasteiger partial charge is 0.294 e. The third kappa shape index (κ3) is 2.69. The zero-order valence-electron chi connectivity index (χ0n) is 10.2. The van der Waals surface area contributed by atoms with Gasteiger partial charge in [0.1, 0.15) is 5.75 Å². The number of hydrogen-bond donors (Lipinski definition) is 3. The fraction of sp³-hybridized carbons (Fsp3) is 0.0769. The molecule has 0 saturated carbocycles. The van der Waals surface area contributed by atoms with Crippen LogP contribution in [-0.2, 0) is 10.1 Å². The van der Waals surface area contributed by atoms with Crippen molar-refractivity contribution in [2.45, 2.75) is 11.8 Å². The Kier molecular flexibility index (Phi) is 3.21. The van der Waals surface area contributed by atoms with Gasteiger partial charge >= 0.3 is 0 Å². The standard InChI is InChI=1S/C13H13NO4S/c1-8-6-10(14)7-12(13(8)15)9-2-4-11(5-3-9)19(16,17)18/h2-7,15H,14H2,1H3,(H,16,17,18). The number of phenolic OH excluding ortho intramolecular Hbond substituents is 1. The number of aryl methyl sites for hydroxylation is 1. The van der Waals surface area contributed by atoms with E-state index in [9.17, 15) is 13.5 Å². The maximum atomic E-state index is 10.9. The highest BCUT2D eigenvalue weighted by molar-refractivity contribution is 7.85. The molecule has 0 unspecified atom stereocenters. The van der Waals surface area contributed by atoms with Crippen molar-refractivity contribution in [3.63, 3.8) is 0 Å². The van der Waals surface area contributed by atoms with Gasteiger partial charge in [0.2, 0.25) is 0 Å². The molecule has 0 spiro atoms. The van der Waals surface area contributed by atoms with Crippen LogP contribution in [0.15, 0.2) is 41.3 Å². The van der Waals surface area contributed by atoms with E-state index >= 15 is 0 Å². The first-order chi connectivity index (χ1) is 8.79. The van der Waals surface area contributed by atoms with Crippen molar-refractivity contribution in [3.05, 3.63) is 42.0 Å². The van der Waals surface area contributed by atoms with Gasteiger partial charge in [-0.15, -0.1) is 0 Å². The fourth-order valence-corrected chi connectivity index (χ4v) is 2.31. The predicted octanol–water partition coefficient (Wildman–Crippen LogP) is 2.20. The average molecular weight is 279 g/mol. The molecule has 2 aromatic carbocycles. The second-order valence-electron chi connectivity index (χ2n) is 4.23. The summed E-state index contributed by atoms with van der Waals surface area (Å²) in [7, 11) is -4.22. The molecule has 0 aromatic heterocycles. The Balaban J connectivity index is 2.55. The molecule has 5 nitrogen and oxygen atoms in total. The monoisotopic (exact) mass is 279 g/mol. The Morgan fingerprint density at radius 1 is 1.11 bits per heavy atom. The lowest BCUT2D eigenvalue weighted by Gasteiger charge is -2.09. The number of nitrogens with two attached hydrogens (primary N) is 1. The molecule has 0 atom stereocenters. The van der Waals surface area contributed by atoms with E-state index < -0.39 is 10.1 Å². The zero-order valence-corrected chi connectivity index (χ0v) is 11.0. The molecular weight excluding hydrogens is 266 g/mol. The Bertz CT molecular complexity index is 721. The molecule has 19 heavy (non-hydrogen) atoms. The van der Waals surface area contributed by atoms with Crippen molar-refractivity contribution in [3.8, 4) is 16.9 Å². The predicted molar refractivity (Wildman–Crippen MR) is 72.5 cm³/mol. The van der Waals surface area contributed by atoms with Gasteiger partial charge in [-0.05, 0) is 42.3 Å². The van der Waals surface area contributed by atoms with Crippen LogP contribution in [-0.4, -0.2) is 18.1 Å². The summed E-state index contributed by atoms with van der Waals surface area (Å²) in [5.74, 6) is 0.0915. The second kappa shape index (κ2) is 4.56. The summed E-state index contributed by atoms with van der Waals surface area (Å²) in [5.41, 5.74) is 7.98. The Morgan fingerprint density at radius 3 is 2.21 bits per heavy atom.